The molecule has 2 aliphatic rings. The van der Waals surface area contributed by atoms with E-state index in [2.05, 4.69) is 27.7 Å². The summed E-state index contributed by atoms with van der Waals surface area (Å²) in [5, 5.41) is 7.44. The van der Waals surface area contributed by atoms with Crippen LogP contribution >= 0.6 is 12.2 Å². The summed E-state index contributed by atoms with van der Waals surface area (Å²) in [4.78, 5) is 14.7. The van der Waals surface area contributed by atoms with Gasteiger partial charge >= 0.3 is 0 Å². The van der Waals surface area contributed by atoms with Crippen molar-refractivity contribution in [3.8, 4) is 5.75 Å². The van der Waals surface area contributed by atoms with Crippen LogP contribution in [-0.4, -0.2) is 48.7 Å². The van der Waals surface area contributed by atoms with Crippen LogP contribution < -0.4 is 15.4 Å². The van der Waals surface area contributed by atoms with E-state index in [-0.39, 0.29) is 5.92 Å². The molecule has 1 aromatic carbocycles. The average molecular weight is 404 g/mol. The quantitative estimate of drug-likeness (QED) is 0.714. The second-order valence-corrected chi connectivity index (χ2v) is 8.34. The first-order valence-corrected chi connectivity index (χ1v) is 11.0. The minimum absolute atomic E-state index is 0.277. The molecule has 0 atom stereocenters. The van der Waals surface area contributed by atoms with Crippen molar-refractivity contribution in [2.75, 3.05) is 26.7 Å². The Hall–Kier alpha value is -1.82. The Bertz CT molecular complexity index is 636. The second-order valence-electron chi connectivity index (χ2n) is 7.93. The summed E-state index contributed by atoms with van der Waals surface area (Å²) in [7, 11) is 1.68. The number of hydrogen-bond acceptors (Lipinski definition) is 3. The number of carbonyl (C=O) groups is 1. The molecular weight excluding hydrogens is 370 g/mol. The fourth-order valence-corrected chi connectivity index (χ4v) is 4.47. The zero-order chi connectivity index (χ0) is 19.8. The summed E-state index contributed by atoms with van der Waals surface area (Å²) in [5.41, 5.74) is 1.26. The fourth-order valence-electron chi connectivity index (χ4n) is 4.20. The van der Waals surface area contributed by atoms with Crippen molar-refractivity contribution in [1.82, 2.24) is 15.5 Å². The topological polar surface area (TPSA) is 53.6 Å². The highest BCUT2D eigenvalue weighted by molar-refractivity contribution is 7.80. The molecule has 1 aliphatic carbocycles. The molecule has 1 saturated heterocycles. The second kappa shape index (κ2) is 10.6. The monoisotopic (exact) mass is 403 g/mol. The maximum Gasteiger partial charge on any atom is 0.225 e. The van der Waals surface area contributed by atoms with Crippen molar-refractivity contribution in [1.29, 1.82) is 0 Å². The molecule has 0 spiro atoms. The number of ether oxygens (including phenoxy) is 1. The highest BCUT2D eigenvalue weighted by atomic mass is 32.1. The number of nitrogens with one attached hydrogen (secondary N) is 2. The summed E-state index contributed by atoms with van der Waals surface area (Å²) >= 11 is 5.45. The van der Waals surface area contributed by atoms with Crippen LogP contribution in [0.15, 0.2) is 24.3 Å². The molecule has 0 unspecified atom stereocenters. The van der Waals surface area contributed by atoms with Crippen molar-refractivity contribution >= 4 is 23.2 Å². The highest BCUT2D eigenvalue weighted by Gasteiger charge is 2.29. The first-order valence-electron chi connectivity index (χ1n) is 10.6. The van der Waals surface area contributed by atoms with E-state index in [4.69, 9.17) is 17.0 Å². The molecule has 0 bridgehead atoms. The highest BCUT2D eigenvalue weighted by Crippen LogP contribution is 2.26. The number of hydrogen-bond donors (Lipinski definition) is 2. The van der Waals surface area contributed by atoms with Gasteiger partial charge in [-0.15, -0.1) is 0 Å². The molecule has 2 N–H and O–H groups in total. The van der Waals surface area contributed by atoms with Gasteiger partial charge in [-0.25, -0.2) is 0 Å². The number of thiocarbonyl (C=S) groups is 1. The number of amides is 1. The first kappa shape index (κ1) is 20.9. The van der Waals surface area contributed by atoms with E-state index in [0.29, 0.717) is 17.1 Å². The zero-order valence-corrected chi connectivity index (χ0v) is 17.7. The van der Waals surface area contributed by atoms with Gasteiger partial charge in [0.15, 0.2) is 5.11 Å². The van der Waals surface area contributed by atoms with Crippen LogP contribution in [-0.2, 0) is 11.2 Å². The van der Waals surface area contributed by atoms with Crippen molar-refractivity contribution in [3.05, 3.63) is 29.8 Å². The van der Waals surface area contributed by atoms with Gasteiger partial charge in [-0.3, -0.25) is 4.79 Å². The first-order chi connectivity index (χ1) is 13.7. The summed E-state index contributed by atoms with van der Waals surface area (Å²) < 4.78 is 5.18. The lowest BCUT2D eigenvalue weighted by Gasteiger charge is -2.35. The van der Waals surface area contributed by atoms with Crippen molar-refractivity contribution in [2.24, 2.45) is 5.92 Å². The van der Waals surface area contributed by atoms with E-state index in [0.717, 1.165) is 57.5 Å². The Morgan fingerprint density at radius 1 is 1.11 bits per heavy atom. The molecule has 1 aromatic rings. The molecule has 2 fully saturated rings. The smallest absolute Gasteiger partial charge is 0.225 e. The summed E-state index contributed by atoms with van der Waals surface area (Å²) in [6.45, 7) is 2.50. The number of likely N-dealkylation sites (tertiary alicyclic amines) is 1. The third kappa shape index (κ3) is 6.09. The van der Waals surface area contributed by atoms with E-state index in [1.54, 1.807) is 7.11 Å². The Morgan fingerprint density at radius 2 is 1.79 bits per heavy atom. The van der Waals surface area contributed by atoms with Crippen molar-refractivity contribution < 1.29 is 9.53 Å². The maximum absolute atomic E-state index is 12.7. The van der Waals surface area contributed by atoms with E-state index in [9.17, 15) is 4.79 Å². The number of nitrogens with zero attached hydrogens (tertiary/aromatic N) is 1. The van der Waals surface area contributed by atoms with Gasteiger partial charge in [0.05, 0.1) is 7.11 Å². The fraction of sp³-hybridized carbons (Fsp3) is 0.636. The summed E-state index contributed by atoms with van der Waals surface area (Å²) in [6, 6.07) is 8.48. The Labute approximate surface area is 174 Å². The molecule has 6 heteroatoms. The molecule has 0 aromatic heterocycles. The molecule has 1 saturated carbocycles. The van der Waals surface area contributed by atoms with Crippen LogP contribution in [0.2, 0.25) is 0 Å². The summed E-state index contributed by atoms with van der Waals surface area (Å²) in [6.07, 6.45) is 8.74. The van der Waals surface area contributed by atoms with Crippen LogP contribution in [0.25, 0.3) is 0 Å². The van der Waals surface area contributed by atoms with Crippen LogP contribution in [0.5, 0.6) is 5.75 Å². The SMILES string of the molecule is COc1ccc(CCNC(=S)NC2CCN(C(=O)C3CCCCC3)CC2)cc1. The lowest BCUT2D eigenvalue weighted by Crippen LogP contribution is -2.50. The average Bonchev–Trinajstić information content (AvgIpc) is 2.75. The minimum atomic E-state index is 0.277. The Morgan fingerprint density at radius 3 is 2.43 bits per heavy atom. The number of methoxy groups -OCH3 is 1. The van der Waals surface area contributed by atoms with Crippen LogP contribution in [0, 0.1) is 5.92 Å². The number of carbonyl (C=O) groups excluding carboxylic acids is 1. The van der Waals surface area contributed by atoms with E-state index in [1.165, 1.54) is 24.8 Å². The van der Waals surface area contributed by atoms with Gasteiger partial charge in [-0.1, -0.05) is 31.4 Å². The minimum Gasteiger partial charge on any atom is -0.497 e. The third-order valence-corrected chi connectivity index (χ3v) is 6.22. The molecule has 28 heavy (non-hydrogen) atoms. The molecular formula is C22H33N3O2S. The van der Waals surface area contributed by atoms with Crippen LogP contribution in [0.4, 0.5) is 0 Å². The molecule has 154 valence electrons. The van der Waals surface area contributed by atoms with Gasteiger partial charge in [0.1, 0.15) is 5.75 Å². The van der Waals surface area contributed by atoms with E-state index < -0.39 is 0 Å². The summed E-state index contributed by atoms with van der Waals surface area (Å²) in [5.74, 6) is 1.54. The van der Waals surface area contributed by atoms with E-state index >= 15 is 0 Å². The number of piperidine rings is 1. The standard InChI is InChI=1S/C22H33N3O2S/c1-27-20-9-7-17(8-10-20)11-14-23-22(28)24-19-12-15-25(16-13-19)21(26)18-5-3-2-4-6-18/h7-10,18-19H,2-6,11-16H2,1H3,(H2,23,24,28). The maximum atomic E-state index is 12.7. The van der Waals surface area contributed by atoms with E-state index in [1.807, 2.05) is 12.1 Å². The largest absolute Gasteiger partial charge is 0.497 e. The Balaban J connectivity index is 1.32. The number of rotatable bonds is 6. The molecule has 1 heterocycles. The number of benzene rings is 1. The lowest BCUT2D eigenvalue weighted by molar-refractivity contribution is -0.137. The normalized spacial score (nSPS) is 18.5. The molecule has 5 nitrogen and oxygen atoms in total. The van der Waals surface area contributed by atoms with Crippen LogP contribution in [0.3, 0.4) is 0 Å². The Kier molecular flexibility index (Phi) is 7.95. The van der Waals surface area contributed by atoms with Gasteiger partial charge < -0.3 is 20.3 Å². The zero-order valence-electron chi connectivity index (χ0n) is 16.9. The van der Waals surface area contributed by atoms with Crippen LogP contribution in [0.1, 0.15) is 50.5 Å². The van der Waals surface area contributed by atoms with Gasteiger partial charge in [0.25, 0.3) is 0 Å². The molecule has 3 rings (SSSR count). The lowest BCUT2D eigenvalue weighted by atomic mass is 9.87. The third-order valence-electron chi connectivity index (χ3n) is 5.95. The predicted octanol–water partition coefficient (Wildman–Crippen LogP) is 3.27. The molecule has 1 amide bonds. The predicted molar refractivity (Wildman–Crippen MR) is 117 cm³/mol. The van der Waals surface area contributed by atoms with Crippen molar-refractivity contribution in [3.63, 3.8) is 0 Å². The van der Waals surface area contributed by atoms with Gasteiger partial charge in [0.2, 0.25) is 5.91 Å². The molecule has 1 aliphatic heterocycles. The molecule has 0 radical (unpaired) electrons. The van der Waals surface area contributed by atoms with Crippen molar-refractivity contribution in [2.45, 2.75) is 57.4 Å². The van der Waals surface area contributed by atoms with Gasteiger partial charge in [-0.2, -0.15) is 0 Å². The van der Waals surface area contributed by atoms with Gasteiger partial charge in [-0.05, 0) is 62.0 Å². The van der Waals surface area contributed by atoms with Gasteiger partial charge in [0, 0.05) is 31.6 Å².